The summed E-state index contributed by atoms with van der Waals surface area (Å²) in [5.74, 6) is 0. The van der Waals surface area contributed by atoms with Gasteiger partial charge in [-0.2, -0.15) is 0 Å². The molecule has 0 saturated carbocycles. The van der Waals surface area contributed by atoms with E-state index < -0.39 is 0 Å². The molecule has 1 heterocycles. The monoisotopic (exact) mass is 362 g/mol. The largest absolute Gasteiger partial charge is 0.257 e. The number of aryl methyl sites for hydroxylation is 2. The molecule has 5 aromatic rings. The van der Waals surface area contributed by atoms with E-state index >= 15 is 0 Å². The van der Waals surface area contributed by atoms with E-state index in [-0.39, 0.29) is 0 Å². The van der Waals surface area contributed by atoms with Gasteiger partial charge in [0.2, 0.25) is 0 Å². The van der Waals surface area contributed by atoms with Crippen LogP contribution in [0.4, 0.5) is 0 Å². The van der Waals surface area contributed by atoms with E-state index in [4.69, 9.17) is 0 Å². The van der Waals surface area contributed by atoms with Gasteiger partial charge in [0.25, 0.3) is 5.69 Å². The third-order valence-electron chi connectivity index (χ3n) is 5.43. The summed E-state index contributed by atoms with van der Waals surface area (Å²) in [4.78, 5) is 4.22. The molecule has 0 bridgehead atoms. The van der Waals surface area contributed by atoms with E-state index in [2.05, 4.69) is 89.8 Å². The molecule has 1 aromatic heterocycles. The van der Waals surface area contributed by atoms with Gasteiger partial charge in [0.15, 0.2) is 13.4 Å². The Kier molecular flexibility index (Phi) is 3.87. The standard InChI is InChI=1S/C25H20N3/c1-17-10-11-20(14-23(17)24-15-26-16-27-28(24)2)22-9-5-7-19-13-12-18-6-3-4-8-21(18)25(19)22/h3-16H,1-2H3/q+1. The Morgan fingerprint density at radius 3 is 2.50 bits per heavy atom. The SMILES string of the molecule is Cc1ccc(-c2cccc3ccc4ccccc4c23)cc1-c1cncn[n+]1C. The molecule has 3 heteroatoms. The van der Waals surface area contributed by atoms with E-state index in [1.165, 1.54) is 38.2 Å². The topological polar surface area (TPSA) is 29.7 Å². The summed E-state index contributed by atoms with van der Waals surface area (Å²) in [6.45, 7) is 2.13. The second-order valence-electron chi connectivity index (χ2n) is 7.14. The van der Waals surface area contributed by atoms with E-state index in [9.17, 15) is 0 Å². The lowest BCUT2D eigenvalue weighted by Crippen LogP contribution is -2.35. The average Bonchev–Trinajstić information content (AvgIpc) is 2.74. The molecular weight excluding hydrogens is 342 g/mol. The maximum absolute atomic E-state index is 4.30. The van der Waals surface area contributed by atoms with Crippen molar-refractivity contribution in [1.29, 1.82) is 0 Å². The normalized spacial score (nSPS) is 11.2. The Hall–Kier alpha value is -3.59. The van der Waals surface area contributed by atoms with Crippen LogP contribution in [0.2, 0.25) is 0 Å². The Bertz CT molecular complexity index is 1340. The summed E-state index contributed by atoms with van der Waals surface area (Å²) < 4.78 is 1.87. The van der Waals surface area contributed by atoms with Crippen LogP contribution in [0.1, 0.15) is 5.56 Å². The summed E-state index contributed by atoms with van der Waals surface area (Å²) in [6.07, 6.45) is 3.44. The summed E-state index contributed by atoms with van der Waals surface area (Å²) in [5, 5.41) is 9.39. The first kappa shape index (κ1) is 16.6. The quantitative estimate of drug-likeness (QED) is 0.317. The van der Waals surface area contributed by atoms with Gasteiger partial charge >= 0.3 is 0 Å². The Balaban J connectivity index is 1.81. The molecule has 0 aliphatic carbocycles. The van der Waals surface area contributed by atoms with Gasteiger partial charge in [-0.1, -0.05) is 71.4 Å². The molecule has 0 spiro atoms. The molecule has 134 valence electrons. The molecule has 0 aliphatic rings. The van der Waals surface area contributed by atoms with Gasteiger partial charge in [0.1, 0.15) is 6.20 Å². The van der Waals surface area contributed by atoms with Crippen molar-refractivity contribution in [2.24, 2.45) is 7.05 Å². The maximum atomic E-state index is 4.30. The van der Waals surface area contributed by atoms with Crippen molar-refractivity contribution in [2.75, 3.05) is 0 Å². The minimum absolute atomic E-state index is 1.01. The second kappa shape index (κ2) is 6.54. The van der Waals surface area contributed by atoms with Crippen molar-refractivity contribution in [1.82, 2.24) is 10.1 Å². The number of rotatable bonds is 2. The highest BCUT2D eigenvalue weighted by Gasteiger charge is 2.16. The van der Waals surface area contributed by atoms with Crippen LogP contribution in [-0.2, 0) is 7.05 Å². The number of fused-ring (bicyclic) bond motifs is 3. The lowest BCUT2D eigenvalue weighted by Gasteiger charge is -2.12. The fourth-order valence-corrected chi connectivity index (χ4v) is 3.97. The van der Waals surface area contributed by atoms with Crippen molar-refractivity contribution in [3.05, 3.63) is 90.9 Å². The molecule has 0 fully saturated rings. The predicted octanol–water partition coefficient (Wildman–Crippen LogP) is 5.25. The van der Waals surface area contributed by atoms with E-state index in [0.29, 0.717) is 0 Å². The summed E-state index contributed by atoms with van der Waals surface area (Å²) in [5.41, 5.74) is 5.81. The van der Waals surface area contributed by atoms with Crippen molar-refractivity contribution in [2.45, 2.75) is 6.92 Å². The van der Waals surface area contributed by atoms with Gasteiger partial charge in [-0.15, -0.1) is 0 Å². The summed E-state index contributed by atoms with van der Waals surface area (Å²) in [6, 6.07) is 26.2. The zero-order chi connectivity index (χ0) is 19.1. The zero-order valence-corrected chi connectivity index (χ0v) is 15.9. The first-order chi connectivity index (χ1) is 13.7. The number of aromatic nitrogens is 3. The van der Waals surface area contributed by atoms with Crippen LogP contribution in [-0.4, -0.2) is 10.1 Å². The molecule has 0 N–H and O–H groups in total. The number of benzene rings is 4. The zero-order valence-electron chi connectivity index (χ0n) is 15.9. The molecular formula is C25H20N3+. The van der Waals surface area contributed by atoms with Gasteiger partial charge in [-0.25, -0.2) is 4.98 Å². The maximum Gasteiger partial charge on any atom is 0.257 e. The Morgan fingerprint density at radius 1 is 0.786 bits per heavy atom. The second-order valence-corrected chi connectivity index (χ2v) is 7.14. The van der Waals surface area contributed by atoms with Crippen LogP contribution in [0.3, 0.4) is 0 Å². The fourth-order valence-electron chi connectivity index (χ4n) is 3.97. The summed E-state index contributed by atoms with van der Waals surface area (Å²) >= 11 is 0. The number of hydrogen-bond donors (Lipinski definition) is 0. The third kappa shape index (κ3) is 2.64. The summed E-state index contributed by atoms with van der Waals surface area (Å²) in [7, 11) is 1.95. The molecule has 4 aromatic carbocycles. The van der Waals surface area contributed by atoms with Gasteiger partial charge < -0.3 is 0 Å². The van der Waals surface area contributed by atoms with Crippen LogP contribution in [0, 0.1) is 6.92 Å². The molecule has 0 unspecified atom stereocenters. The minimum atomic E-state index is 1.01. The van der Waals surface area contributed by atoms with E-state index in [0.717, 1.165) is 11.3 Å². The average molecular weight is 362 g/mol. The van der Waals surface area contributed by atoms with Crippen LogP contribution in [0.25, 0.3) is 43.9 Å². The molecule has 0 aliphatic heterocycles. The number of hydrogen-bond acceptors (Lipinski definition) is 2. The smallest absolute Gasteiger partial charge is 0.232 e. The molecule has 0 atom stereocenters. The highest BCUT2D eigenvalue weighted by Crippen LogP contribution is 2.36. The fraction of sp³-hybridized carbons (Fsp3) is 0.0800. The van der Waals surface area contributed by atoms with Gasteiger partial charge in [-0.3, -0.25) is 0 Å². The van der Waals surface area contributed by atoms with Crippen molar-refractivity contribution >= 4 is 21.5 Å². The van der Waals surface area contributed by atoms with Gasteiger partial charge in [0.05, 0.1) is 5.56 Å². The minimum Gasteiger partial charge on any atom is -0.232 e. The highest BCUT2D eigenvalue weighted by atomic mass is 15.3. The molecule has 28 heavy (non-hydrogen) atoms. The molecule has 5 rings (SSSR count). The van der Waals surface area contributed by atoms with Crippen molar-refractivity contribution < 1.29 is 4.68 Å². The molecule has 0 saturated heterocycles. The molecule has 3 nitrogen and oxygen atoms in total. The van der Waals surface area contributed by atoms with Crippen molar-refractivity contribution in [3.8, 4) is 22.4 Å². The van der Waals surface area contributed by atoms with Crippen LogP contribution >= 0.6 is 0 Å². The highest BCUT2D eigenvalue weighted by molar-refractivity contribution is 6.14. The van der Waals surface area contributed by atoms with Crippen molar-refractivity contribution in [3.63, 3.8) is 0 Å². The first-order valence-corrected chi connectivity index (χ1v) is 9.40. The Labute approximate surface area is 163 Å². The van der Waals surface area contributed by atoms with E-state index in [1.807, 2.05) is 17.9 Å². The van der Waals surface area contributed by atoms with Crippen LogP contribution < -0.4 is 4.68 Å². The lowest BCUT2D eigenvalue weighted by molar-refractivity contribution is -0.721. The van der Waals surface area contributed by atoms with Crippen LogP contribution in [0.15, 0.2) is 85.3 Å². The van der Waals surface area contributed by atoms with Crippen LogP contribution in [0.5, 0.6) is 0 Å². The predicted molar refractivity (Wildman–Crippen MR) is 114 cm³/mol. The number of nitrogens with zero attached hydrogens (tertiary/aromatic N) is 3. The van der Waals surface area contributed by atoms with Gasteiger partial charge in [-0.05, 0) is 51.2 Å². The first-order valence-electron chi connectivity index (χ1n) is 9.40. The Morgan fingerprint density at radius 2 is 1.61 bits per heavy atom. The molecule has 0 amide bonds. The lowest BCUT2D eigenvalue weighted by atomic mass is 9.92. The van der Waals surface area contributed by atoms with E-state index in [1.54, 1.807) is 6.33 Å². The third-order valence-corrected chi connectivity index (χ3v) is 5.43. The van der Waals surface area contributed by atoms with Gasteiger partial charge in [0, 0.05) is 5.10 Å². The molecule has 0 radical (unpaired) electrons.